The first-order chi connectivity index (χ1) is 10.1. The molecule has 1 atom stereocenters. The third-order valence-corrected chi connectivity index (χ3v) is 3.57. The van der Waals surface area contributed by atoms with Gasteiger partial charge in [0.15, 0.2) is 0 Å². The van der Waals surface area contributed by atoms with Crippen molar-refractivity contribution in [3.05, 3.63) is 41.3 Å². The van der Waals surface area contributed by atoms with Crippen molar-refractivity contribution in [2.75, 3.05) is 6.54 Å². The average Bonchev–Trinajstić information content (AvgIpc) is 2.90. The van der Waals surface area contributed by atoms with Crippen molar-refractivity contribution in [3.8, 4) is 17.0 Å². The lowest BCUT2D eigenvalue weighted by Crippen LogP contribution is -2.32. The first-order valence-electron chi connectivity index (χ1n) is 6.63. The number of rotatable bonds is 3. The van der Waals surface area contributed by atoms with Crippen molar-refractivity contribution in [1.29, 1.82) is 0 Å². The zero-order chi connectivity index (χ0) is 14.8. The van der Waals surface area contributed by atoms with Crippen LogP contribution >= 0.6 is 11.6 Å². The molecule has 0 aliphatic carbocycles. The Morgan fingerprint density at radius 3 is 3.05 bits per heavy atom. The van der Waals surface area contributed by atoms with E-state index in [1.54, 1.807) is 18.6 Å². The van der Waals surface area contributed by atoms with E-state index in [4.69, 9.17) is 16.3 Å². The Hall–Kier alpha value is -2.14. The van der Waals surface area contributed by atoms with Crippen LogP contribution in [0.25, 0.3) is 11.3 Å². The molecule has 1 aromatic heterocycles. The van der Waals surface area contributed by atoms with Gasteiger partial charge < -0.3 is 10.1 Å². The van der Waals surface area contributed by atoms with Gasteiger partial charge >= 0.3 is 0 Å². The second kappa shape index (κ2) is 5.69. The smallest absolute Gasteiger partial charge is 0.217 e. The largest absolute Gasteiger partial charge is 0.486 e. The molecule has 2 heterocycles. The molecule has 0 saturated heterocycles. The lowest BCUT2D eigenvalue weighted by molar-refractivity contribution is -0.119. The number of benzene rings is 1. The summed E-state index contributed by atoms with van der Waals surface area (Å²) >= 11 is 6.29. The van der Waals surface area contributed by atoms with Gasteiger partial charge in [0.2, 0.25) is 5.91 Å². The van der Waals surface area contributed by atoms with Gasteiger partial charge in [0.05, 0.1) is 23.5 Å². The quantitative estimate of drug-likeness (QED) is 0.944. The second-order valence-electron chi connectivity index (χ2n) is 4.92. The SMILES string of the molecule is CC(=O)NCC1Cc2cc(-c3cnccn3)cc(Cl)c2O1. The second-order valence-corrected chi connectivity index (χ2v) is 5.33. The molecule has 0 saturated carbocycles. The van der Waals surface area contributed by atoms with Crippen molar-refractivity contribution in [2.45, 2.75) is 19.4 Å². The third-order valence-electron chi connectivity index (χ3n) is 3.29. The summed E-state index contributed by atoms with van der Waals surface area (Å²) in [6.45, 7) is 1.96. The molecule has 3 rings (SSSR count). The Bertz CT molecular complexity index is 676. The van der Waals surface area contributed by atoms with E-state index in [0.717, 1.165) is 16.8 Å². The van der Waals surface area contributed by atoms with Crippen molar-refractivity contribution in [1.82, 2.24) is 15.3 Å². The maximum Gasteiger partial charge on any atom is 0.217 e. The minimum Gasteiger partial charge on any atom is -0.486 e. The molecule has 108 valence electrons. The molecular formula is C15H14ClN3O2. The van der Waals surface area contributed by atoms with Crippen LogP contribution in [0.5, 0.6) is 5.75 Å². The van der Waals surface area contributed by atoms with Crippen LogP contribution in [0, 0.1) is 0 Å². The molecule has 1 N–H and O–H groups in total. The fourth-order valence-corrected chi connectivity index (χ4v) is 2.64. The topological polar surface area (TPSA) is 64.1 Å². The zero-order valence-electron chi connectivity index (χ0n) is 11.5. The minimum atomic E-state index is -0.0847. The number of nitrogens with one attached hydrogen (secondary N) is 1. The number of carbonyl (C=O) groups is 1. The highest BCUT2D eigenvalue weighted by atomic mass is 35.5. The van der Waals surface area contributed by atoms with Gasteiger partial charge in [-0.3, -0.25) is 14.8 Å². The van der Waals surface area contributed by atoms with Crippen molar-refractivity contribution in [3.63, 3.8) is 0 Å². The van der Waals surface area contributed by atoms with Gasteiger partial charge in [0.25, 0.3) is 0 Å². The predicted molar refractivity (Wildman–Crippen MR) is 79.3 cm³/mol. The number of ether oxygens (including phenoxy) is 1. The Morgan fingerprint density at radius 2 is 2.33 bits per heavy atom. The summed E-state index contributed by atoms with van der Waals surface area (Å²) in [5, 5.41) is 3.31. The van der Waals surface area contributed by atoms with Gasteiger partial charge in [-0.25, -0.2) is 0 Å². The number of hydrogen-bond acceptors (Lipinski definition) is 4. The van der Waals surface area contributed by atoms with E-state index < -0.39 is 0 Å². The number of halogens is 1. The van der Waals surface area contributed by atoms with Gasteiger partial charge in [-0.2, -0.15) is 0 Å². The van der Waals surface area contributed by atoms with Crippen LogP contribution in [0.4, 0.5) is 0 Å². The van der Waals surface area contributed by atoms with E-state index in [1.165, 1.54) is 6.92 Å². The fraction of sp³-hybridized carbons (Fsp3) is 0.267. The van der Waals surface area contributed by atoms with E-state index in [-0.39, 0.29) is 12.0 Å². The van der Waals surface area contributed by atoms with Gasteiger partial charge in [0, 0.05) is 36.9 Å². The molecule has 5 nitrogen and oxygen atoms in total. The maximum absolute atomic E-state index is 11.0. The van der Waals surface area contributed by atoms with E-state index >= 15 is 0 Å². The summed E-state index contributed by atoms with van der Waals surface area (Å²) in [6.07, 6.45) is 5.60. The van der Waals surface area contributed by atoms with Crippen molar-refractivity contribution < 1.29 is 9.53 Å². The molecule has 0 radical (unpaired) electrons. The molecule has 1 aromatic carbocycles. The Labute approximate surface area is 127 Å². The molecule has 6 heteroatoms. The van der Waals surface area contributed by atoms with Gasteiger partial charge in [-0.1, -0.05) is 11.6 Å². The maximum atomic E-state index is 11.0. The average molecular weight is 304 g/mol. The molecular weight excluding hydrogens is 290 g/mol. The minimum absolute atomic E-state index is 0.0686. The fourth-order valence-electron chi connectivity index (χ4n) is 2.36. The molecule has 1 aliphatic rings. The highest BCUT2D eigenvalue weighted by Gasteiger charge is 2.26. The normalized spacial score (nSPS) is 16.2. The van der Waals surface area contributed by atoms with Crippen LogP contribution in [0.2, 0.25) is 5.02 Å². The number of aromatic nitrogens is 2. The zero-order valence-corrected chi connectivity index (χ0v) is 12.2. The summed E-state index contributed by atoms with van der Waals surface area (Å²) in [5.74, 6) is 0.626. The molecule has 0 bridgehead atoms. The lowest BCUT2D eigenvalue weighted by Gasteiger charge is -2.11. The summed E-state index contributed by atoms with van der Waals surface area (Å²) in [5.41, 5.74) is 2.71. The number of amides is 1. The monoisotopic (exact) mass is 303 g/mol. The highest BCUT2D eigenvalue weighted by molar-refractivity contribution is 6.32. The van der Waals surface area contributed by atoms with Crippen molar-refractivity contribution >= 4 is 17.5 Å². The predicted octanol–water partition coefficient (Wildman–Crippen LogP) is 2.24. The van der Waals surface area contributed by atoms with Crippen LogP contribution in [0.1, 0.15) is 12.5 Å². The Morgan fingerprint density at radius 1 is 1.48 bits per heavy atom. The van der Waals surface area contributed by atoms with Crippen LogP contribution in [-0.4, -0.2) is 28.5 Å². The standard InChI is InChI=1S/C15H14ClN3O2/c1-9(20)19-7-12-5-11-4-10(6-13(16)15(11)21-12)14-8-17-2-3-18-14/h2-4,6,8,12H,5,7H2,1H3,(H,19,20). The summed E-state index contributed by atoms with van der Waals surface area (Å²) in [4.78, 5) is 19.3. The van der Waals surface area contributed by atoms with Crippen molar-refractivity contribution in [2.24, 2.45) is 0 Å². The Balaban J connectivity index is 1.84. The van der Waals surface area contributed by atoms with Crippen LogP contribution < -0.4 is 10.1 Å². The first kappa shape index (κ1) is 13.8. The summed E-state index contributed by atoms with van der Waals surface area (Å²) in [6, 6.07) is 3.84. The number of hydrogen-bond donors (Lipinski definition) is 1. The van der Waals surface area contributed by atoms with E-state index in [1.807, 2.05) is 12.1 Å². The molecule has 1 aliphatic heterocycles. The molecule has 1 unspecified atom stereocenters. The van der Waals surface area contributed by atoms with Crippen LogP contribution in [0.15, 0.2) is 30.7 Å². The van der Waals surface area contributed by atoms with E-state index in [0.29, 0.717) is 23.7 Å². The number of fused-ring (bicyclic) bond motifs is 1. The molecule has 21 heavy (non-hydrogen) atoms. The Kier molecular flexibility index (Phi) is 3.75. The highest BCUT2D eigenvalue weighted by Crippen LogP contribution is 2.39. The molecule has 0 spiro atoms. The lowest BCUT2D eigenvalue weighted by atomic mass is 10.0. The summed E-state index contributed by atoms with van der Waals surface area (Å²) < 4.78 is 5.80. The number of nitrogens with zero attached hydrogens (tertiary/aromatic N) is 2. The van der Waals surface area contributed by atoms with E-state index in [2.05, 4.69) is 15.3 Å². The molecule has 1 amide bonds. The van der Waals surface area contributed by atoms with Crippen LogP contribution in [-0.2, 0) is 11.2 Å². The van der Waals surface area contributed by atoms with Gasteiger partial charge in [-0.15, -0.1) is 0 Å². The van der Waals surface area contributed by atoms with Gasteiger partial charge in [0.1, 0.15) is 11.9 Å². The number of carbonyl (C=O) groups excluding carboxylic acids is 1. The van der Waals surface area contributed by atoms with Gasteiger partial charge in [-0.05, 0) is 12.1 Å². The summed E-state index contributed by atoms with van der Waals surface area (Å²) in [7, 11) is 0. The van der Waals surface area contributed by atoms with Crippen LogP contribution in [0.3, 0.4) is 0 Å². The third kappa shape index (κ3) is 2.97. The molecule has 2 aromatic rings. The molecule has 0 fully saturated rings. The van der Waals surface area contributed by atoms with E-state index in [9.17, 15) is 4.79 Å². The first-order valence-corrected chi connectivity index (χ1v) is 7.01.